The maximum Gasteiger partial charge on any atom is 0.191 e. The van der Waals surface area contributed by atoms with Gasteiger partial charge in [0.2, 0.25) is 0 Å². The van der Waals surface area contributed by atoms with Crippen molar-refractivity contribution in [2.45, 2.75) is 44.8 Å². The summed E-state index contributed by atoms with van der Waals surface area (Å²) in [5.74, 6) is 1.48. The standard InChI is InChI=1S/C22H36N4O2/c1-18-13-21(15-26(18)14-19-7-4-3-5-8-19)25-22(23-2)24-10-6-11-27-16-20-9-12-28-17-20/h3-5,7-8,18,20-21H,6,9-17H2,1-2H3,(H2,23,24,25). The summed E-state index contributed by atoms with van der Waals surface area (Å²) in [4.78, 5) is 6.93. The van der Waals surface area contributed by atoms with Crippen LogP contribution in [-0.2, 0) is 16.0 Å². The molecule has 3 unspecified atom stereocenters. The van der Waals surface area contributed by atoms with Crippen LogP contribution in [0.3, 0.4) is 0 Å². The second-order valence-electron chi connectivity index (χ2n) is 8.00. The fourth-order valence-corrected chi connectivity index (χ4v) is 3.98. The van der Waals surface area contributed by atoms with Crippen molar-refractivity contribution in [3.63, 3.8) is 0 Å². The predicted molar refractivity (Wildman–Crippen MR) is 114 cm³/mol. The topological polar surface area (TPSA) is 58.1 Å². The van der Waals surface area contributed by atoms with Crippen LogP contribution in [0.5, 0.6) is 0 Å². The highest BCUT2D eigenvalue weighted by atomic mass is 16.5. The van der Waals surface area contributed by atoms with Gasteiger partial charge in [-0.05, 0) is 31.7 Å². The van der Waals surface area contributed by atoms with E-state index < -0.39 is 0 Å². The SMILES string of the molecule is CN=C(NCCCOCC1CCOC1)NC1CC(C)N(Cc2ccccc2)C1. The zero-order chi connectivity index (χ0) is 19.6. The van der Waals surface area contributed by atoms with E-state index >= 15 is 0 Å². The van der Waals surface area contributed by atoms with Crippen LogP contribution in [0, 0.1) is 5.92 Å². The van der Waals surface area contributed by atoms with E-state index in [1.807, 2.05) is 7.05 Å². The van der Waals surface area contributed by atoms with Crippen molar-refractivity contribution in [2.75, 3.05) is 46.6 Å². The van der Waals surface area contributed by atoms with Gasteiger partial charge in [0.25, 0.3) is 0 Å². The lowest BCUT2D eigenvalue weighted by molar-refractivity contribution is 0.0888. The van der Waals surface area contributed by atoms with E-state index in [9.17, 15) is 0 Å². The summed E-state index contributed by atoms with van der Waals surface area (Å²) in [6.45, 7) is 8.59. The molecule has 0 aromatic heterocycles. The molecule has 156 valence electrons. The lowest BCUT2D eigenvalue weighted by Gasteiger charge is -2.21. The quantitative estimate of drug-likeness (QED) is 0.386. The number of benzene rings is 1. The number of likely N-dealkylation sites (tertiary alicyclic amines) is 1. The van der Waals surface area contributed by atoms with E-state index in [0.29, 0.717) is 18.0 Å². The average molecular weight is 389 g/mol. The normalized spacial score (nSPS) is 25.9. The van der Waals surface area contributed by atoms with E-state index in [0.717, 1.165) is 71.3 Å². The first-order chi connectivity index (χ1) is 13.7. The third-order valence-electron chi connectivity index (χ3n) is 5.63. The van der Waals surface area contributed by atoms with Crippen LogP contribution in [-0.4, -0.2) is 69.5 Å². The molecule has 0 radical (unpaired) electrons. The van der Waals surface area contributed by atoms with E-state index in [2.05, 4.69) is 57.8 Å². The van der Waals surface area contributed by atoms with Crippen LogP contribution in [0.4, 0.5) is 0 Å². The van der Waals surface area contributed by atoms with Gasteiger partial charge in [-0.25, -0.2) is 0 Å². The van der Waals surface area contributed by atoms with Crippen molar-refractivity contribution >= 4 is 5.96 Å². The first-order valence-electron chi connectivity index (χ1n) is 10.6. The molecule has 0 saturated carbocycles. The molecule has 0 aliphatic carbocycles. The molecule has 28 heavy (non-hydrogen) atoms. The summed E-state index contributed by atoms with van der Waals surface area (Å²) in [6.07, 6.45) is 3.26. The number of rotatable bonds is 9. The minimum Gasteiger partial charge on any atom is -0.381 e. The molecule has 2 N–H and O–H groups in total. The van der Waals surface area contributed by atoms with Gasteiger partial charge in [0, 0.05) is 57.9 Å². The van der Waals surface area contributed by atoms with Crippen LogP contribution >= 0.6 is 0 Å². The molecule has 2 aliphatic heterocycles. The highest BCUT2D eigenvalue weighted by molar-refractivity contribution is 5.80. The van der Waals surface area contributed by atoms with Crippen LogP contribution in [0.25, 0.3) is 0 Å². The fraction of sp³-hybridized carbons (Fsp3) is 0.682. The molecule has 1 aromatic carbocycles. The van der Waals surface area contributed by atoms with Gasteiger partial charge in [-0.1, -0.05) is 30.3 Å². The number of nitrogens with one attached hydrogen (secondary N) is 2. The summed E-state index contributed by atoms with van der Waals surface area (Å²) < 4.78 is 11.1. The van der Waals surface area contributed by atoms with Crippen molar-refractivity contribution in [3.8, 4) is 0 Å². The number of hydrogen-bond acceptors (Lipinski definition) is 4. The Labute approximate surface area is 169 Å². The van der Waals surface area contributed by atoms with E-state index in [-0.39, 0.29) is 0 Å². The maximum atomic E-state index is 5.76. The molecule has 0 amide bonds. The van der Waals surface area contributed by atoms with Gasteiger partial charge < -0.3 is 20.1 Å². The fourth-order valence-electron chi connectivity index (χ4n) is 3.98. The molecule has 3 rings (SSSR count). The van der Waals surface area contributed by atoms with Gasteiger partial charge in [0.1, 0.15) is 0 Å². The summed E-state index contributed by atoms with van der Waals surface area (Å²) in [5, 5.41) is 7.01. The second-order valence-corrected chi connectivity index (χ2v) is 8.00. The molecule has 2 aliphatic rings. The monoisotopic (exact) mass is 388 g/mol. The van der Waals surface area contributed by atoms with E-state index in [4.69, 9.17) is 9.47 Å². The Kier molecular flexibility index (Phi) is 8.58. The highest BCUT2D eigenvalue weighted by Crippen LogP contribution is 2.20. The van der Waals surface area contributed by atoms with Gasteiger partial charge in [-0.15, -0.1) is 0 Å². The lowest BCUT2D eigenvalue weighted by atomic mass is 10.1. The van der Waals surface area contributed by atoms with E-state index in [1.54, 1.807) is 0 Å². The Morgan fingerprint density at radius 2 is 2.18 bits per heavy atom. The maximum absolute atomic E-state index is 5.76. The zero-order valence-corrected chi connectivity index (χ0v) is 17.4. The smallest absolute Gasteiger partial charge is 0.191 e. The van der Waals surface area contributed by atoms with Gasteiger partial charge in [-0.2, -0.15) is 0 Å². The molecular weight excluding hydrogens is 352 g/mol. The van der Waals surface area contributed by atoms with Gasteiger partial charge in [0.05, 0.1) is 13.2 Å². The van der Waals surface area contributed by atoms with Crippen molar-refractivity contribution < 1.29 is 9.47 Å². The molecule has 6 nitrogen and oxygen atoms in total. The number of nitrogens with zero attached hydrogens (tertiary/aromatic N) is 2. The van der Waals surface area contributed by atoms with Crippen LogP contribution in [0.1, 0.15) is 31.7 Å². The second kappa shape index (κ2) is 11.4. The van der Waals surface area contributed by atoms with Crippen molar-refractivity contribution in [2.24, 2.45) is 10.9 Å². The molecular formula is C22H36N4O2. The largest absolute Gasteiger partial charge is 0.381 e. The van der Waals surface area contributed by atoms with Gasteiger partial charge in [0.15, 0.2) is 5.96 Å². The third-order valence-corrected chi connectivity index (χ3v) is 5.63. The van der Waals surface area contributed by atoms with Gasteiger partial charge in [-0.3, -0.25) is 9.89 Å². The van der Waals surface area contributed by atoms with Crippen molar-refractivity contribution in [3.05, 3.63) is 35.9 Å². The minimum absolute atomic E-state index is 0.434. The Morgan fingerprint density at radius 1 is 1.32 bits per heavy atom. The molecule has 0 spiro atoms. The molecule has 6 heteroatoms. The first kappa shape index (κ1) is 21.1. The zero-order valence-electron chi connectivity index (χ0n) is 17.4. The van der Waals surface area contributed by atoms with Gasteiger partial charge >= 0.3 is 0 Å². The number of hydrogen-bond donors (Lipinski definition) is 2. The molecule has 0 bridgehead atoms. The van der Waals surface area contributed by atoms with E-state index in [1.165, 1.54) is 5.56 Å². The average Bonchev–Trinajstić information content (AvgIpc) is 3.34. The Morgan fingerprint density at radius 3 is 2.93 bits per heavy atom. The number of aliphatic imine (C=N–C) groups is 1. The van der Waals surface area contributed by atoms with Crippen LogP contribution < -0.4 is 10.6 Å². The number of guanidine groups is 1. The van der Waals surface area contributed by atoms with Crippen molar-refractivity contribution in [1.29, 1.82) is 0 Å². The third kappa shape index (κ3) is 6.76. The molecule has 3 atom stereocenters. The Hall–Kier alpha value is -1.63. The lowest BCUT2D eigenvalue weighted by Crippen LogP contribution is -2.44. The molecule has 2 heterocycles. The predicted octanol–water partition coefficient (Wildman–Crippen LogP) is 2.26. The summed E-state index contributed by atoms with van der Waals surface area (Å²) in [5.41, 5.74) is 1.38. The van der Waals surface area contributed by atoms with Crippen molar-refractivity contribution in [1.82, 2.24) is 15.5 Å². The molecule has 1 aromatic rings. The minimum atomic E-state index is 0.434. The Bertz CT molecular complexity index is 589. The van der Waals surface area contributed by atoms with Crippen LogP contribution in [0.15, 0.2) is 35.3 Å². The first-order valence-corrected chi connectivity index (χ1v) is 10.6. The van der Waals surface area contributed by atoms with Crippen LogP contribution in [0.2, 0.25) is 0 Å². The summed E-state index contributed by atoms with van der Waals surface area (Å²) >= 11 is 0. The summed E-state index contributed by atoms with van der Waals surface area (Å²) in [6, 6.07) is 11.7. The molecule has 2 fully saturated rings. The Balaban J connectivity index is 1.31. The number of ether oxygens (including phenoxy) is 2. The molecule has 2 saturated heterocycles. The highest BCUT2D eigenvalue weighted by Gasteiger charge is 2.29. The summed E-state index contributed by atoms with van der Waals surface area (Å²) in [7, 11) is 1.84.